The molecule has 0 radical (unpaired) electrons. The van der Waals surface area contributed by atoms with Gasteiger partial charge in [-0.05, 0) is 25.3 Å². The van der Waals surface area contributed by atoms with Gasteiger partial charge in [0.1, 0.15) is 0 Å². The van der Waals surface area contributed by atoms with Crippen molar-refractivity contribution in [1.29, 1.82) is 0 Å². The molecule has 1 aromatic carbocycles. The molecule has 0 atom stereocenters. The van der Waals surface area contributed by atoms with Gasteiger partial charge < -0.3 is 10.0 Å². The molecule has 1 saturated heterocycles. The van der Waals surface area contributed by atoms with Gasteiger partial charge in [-0.2, -0.15) is 0 Å². The summed E-state index contributed by atoms with van der Waals surface area (Å²) in [6.07, 6.45) is 1.45. The molecule has 0 bridgehead atoms. The van der Waals surface area contributed by atoms with Crippen LogP contribution in [-0.4, -0.2) is 35.0 Å². The Labute approximate surface area is 113 Å². The van der Waals surface area contributed by atoms with Gasteiger partial charge in [0.05, 0.1) is 11.8 Å². The average Bonchev–Trinajstić information content (AvgIpc) is 2.40. The maximum Gasteiger partial charge on any atom is 0.309 e. The van der Waals surface area contributed by atoms with E-state index in [4.69, 9.17) is 5.11 Å². The highest BCUT2D eigenvalue weighted by Gasteiger charge is 2.37. The summed E-state index contributed by atoms with van der Waals surface area (Å²) in [6.45, 7) is 2.83. The minimum absolute atomic E-state index is 0.0821. The summed E-state index contributed by atoms with van der Waals surface area (Å²) in [5.74, 6) is -0.679. The molecule has 1 amide bonds. The molecule has 1 aliphatic heterocycles. The number of nitrogens with zero attached hydrogens (tertiary/aromatic N) is 1. The van der Waals surface area contributed by atoms with Crippen LogP contribution in [0.3, 0.4) is 0 Å². The summed E-state index contributed by atoms with van der Waals surface area (Å²) >= 11 is 0. The molecule has 1 aliphatic rings. The lowest BCUT2D eigenvalue weighted by Gasteiger charge is -2.36. The van der Waals surface area contributed by atoms with E-state index >= 15 is 0 Å². The predicted octanol–water partition coefficient (Wildman–Crippen LogP) is 1.94. The van der Waals surface area contributed by atoms with Crippen LogP contribution in [0.2, 0.25) is 0 Å². The number of amides is 1. The van der Waals surface area contributed by atoms with Gasteiger partial charge >= 0.3 is 5.97 Å². The Morgan fingerprint density at radius 1 is 1.21 bits per heavy atom. The van der Waals surface area contributed by atoms with Gasteiger partial charge in [0.2, 0.25) is 5.91 Å². The van der Waals surface area contributed by atoms with Gasteiger partial charge in [0.25, 0.3) is 0 Å². The first-order valence-electron chi connectivity index (χ1n) is 6.56. The largest absolute Gasteiger partial charge is 0.481 e. The third kappa shape index (κ3) is 3.13. The van der Waals surface area contributed by atoms with Gasteiger partial charge in [0.15, 0.2) is 0 Å². The SMILES string of the molecule is CC1(C(=O)O)CCN(C(=O)Cc2ccccc2)CC1. The molecule has 1 heterocycles. The number of carbonyl (C=O) groups excluding carboxylic acids is 1. The Morgan fingerprint density at radius 3 is 2.32 bits per heavy atom. The zero-order valence-electron chi connectivity index (χ0n) is 11.1. The van der Waals surface area contributed by atoms with Gasteiger partial charge in [0, 0.05) is 13.1 Å². The zero-order valence-corrected chi connectivity index (χ0v) is 11.1. The first-order chi connectivity index (χ1) is 9.01. The minimum Gasteiger partial charge on any atom is -0.481 e. The summed E-state index contributed by atoms with van der Waals surface area (Å²) in [5.41, 5.74) is 0.322. The zero-order chi connectivity index (χ0) is 13.9. The lowest BCUT2D eigenvalue weighted by Crippen LogP contribution is -2.45. The number of hydrogen-bond acceptors (Lipinski definition) is 2. The van der Waals surface area contributed by atoms with Gasteiger partial charge in [-0.3, -0.25) is 9.59 Å². The third-order valence-corrected chi connectivity index (χ3v) is 3.93. The second kappa shape index (κ2) is 5.43. The molecule has 19 heavy (non-hydrogen) atoms. The fourth-order valence-corrected chi connectivity index (χ4v) is 2.35. The molecule has 1 fully saturated rings. The molecule has 2 rings (SSSR count). The van der Waals surface area contributed by atoms with E-state index in [0.717, 1.165) is 5.56 Å². The van der Waals surface area contributed by atoms with Crippen molar-refractivity contribution in [3.8, 4) is 0 Å². The molecule has 0 saturated carbocycles. The second-order valence-electron chi connectivity index (χ2n) is 5.41. The van der Waals surface area contributed by atoms with Crippen molar-refractivity contribution in [2.24, 2.45) is 5.41 Å². The second-order valence-corrected chi connectivity index (χ2v) is 5.41. The van der Waals surface area contributed by atoms with Crippen LogP contribution in [0.1, 0.15) is 25.3 Å². The first-order valence-corrected chi connectivity index (χ1v) is 6.56. The Kier molecular flexibility index (Phi) is 3.88. The van der Waals surface area contributed by atoms with Gasteiger partial charge in [-0.15, -0.1) is 0 Å². The van der Waals surface area contributed by atoms with E-state index in [9.17, 15) is 9.59 Å². The lowest BCUT2D eigenvalue weighted by molar-refractivity contribution is -0.152. The summed E-state index contributed by atoms with van der Waals surface area (Å²) in [6, 6.07) is 9.63. The Bertz CT molecular complexity index is 462. The molecular weight excluding hydrogens is 242 g/mol. The molecule has 0 spiro atoms. The number of carboxylic acid groups (broad SMARTS) is 1. The number of hydrogen-bond donors (Lipinski definition) is 1. The average molecular weight is 261 g/mol. The number of aliphatic carboxylic acids is 1. The predicted molar refractivity (Wildman–Crippen MR) is 71.7 cm³/mol. The molecular formula is C15H19NO3. The maximum atomic E-state index is 12.1. The van der Waals surface area contributed by atoms with Gasteiger partial charge in [-0.1, -0.05) is 30.3 Å². The lowest BCUT2D eigenvalue weighted by atomic mass is 9.80. The van der Waals surface area contributed by atoms with Crippen LogP contribution in [0.5, 0.6) is 0 Å². The summed E-state index contributed by atoms with van der Waals surface area (Å²) in [7, 11) is 0. The highest BCUT2D eigenvalue weighted by molar-refractivity contribution is 5.80. The van der Waals surface area contributed by atoms with E-state index in [2.05, 4.69) is 0 Å². The number of piperidine rings is 1. The van der Waals surface area contributed by atoms with E-state index in [1.807, 2.05) is 30.3 Å². The Morgan fingerprint density at radius 2 is 1.79 bits per heavy atom. The summed E-state index contributed by atoms with van der Waals surface area (Å²) in [5, 5.41) is 9.15. The maximum absolute atomic E-state index is 12.1. The van der Waals surface area contributed by atoms with Crippen LogP contribution in [0, 0.1) is 5.41 Å². The van der Waals surface area contributed by atoms with Crippen LogP contribution < -0.4 is 0 Å². The van der Waals surface area contributed by atoms with Crippen molar-refractivity contribution < 1.29 is 14.7 Å². The fraction of sp³-hybridized carbons (Fsp3) is 0.467. The van der Waals surface area contributed by atoms with Crippen LogP contribution in [0.25, 0.3) is 0 Å². The normalized spacial score (nSPS) is 18.1. The topological polar surface area (TPSA) is 57.6 Å². The first kappa shape index (κ1) is 13.6. The molecule has 4 nitrogen and oxygen atoms in total. The molecule has 1 aromatic rings. The van der Waals surface area contributed by atoms with Crippen molar-refractivity contribution in [3.05, 3.63) is 35.9 Å². The smallest absolute Gasteiger partial charge is 0.309 e. The number of likely N-dealkylation sites (tertiary alicyclic amines) is 1. The van der Waals surface area contributed by atoms with Crippen molar-refractivity contribution in [2.75, 3.05) is 13.1 Å². The van der Waals surface area contributed by atoms with Crippen LogP contribution >= 0.6 is 0 Å². The van der Waals surface area contributed by atoms with Crippen LogP contribution in [0.4, 0.5) is 0 Å². The minimum atomic E-state index is -0.761. The standard InChI is InChI=1S/C15H19NO3/c1-15(14(18)19)7-9-16(10-8-15)13(17)11-12-5-3-2-4-6-12/h2-6H,7-11H2,1H3,(H,18,19). The highest BCUT2D eigenvalue weighted by Crippen LogP contribution is 2.31. The van der Waals surface area contributed by atoms with E-state index in [1.165, 1.54) is 0 Å². The fourth-order valence-electron chi connectivity index (χ4n) is 2.35. The molecule has 4 heteroatoms. The van der Waals surface area contributed by atoms with E-state index in [-0.39, 0.29) is 5.91 Å². The number of carbonyl (C=O) groups is 2. The molecule has 0 aliphatic carbocycles. The van der Waals surface area contributed by atoms with Crippen molar-refractivity contribution in [1.82, 2.24) is 4.90 Å². The molecule has 102 valence electrons. The van der Waals surface area contributed by atoms with Gasteiger partial charge in [-0.25, -0.2) is 0 Å². The number of carboxylic acids is 1. The Balaban J connectivity index is 1.91. The van der Waals surface area contributed by atoms with Crippen LogP contribution in [0.15, 0.2) is 30.3 Å². The van der Waals surface area contributed by atoms with E-state index in [0.29, 0.717) is 32.4 Å². The molecule has 0 aromatic heterocycles. The van der Waals surface area contributed by atoms with Crippen molar-refractivity contribution in [2.45, 2.75) is 26.2 Å². The number of rotatable bonds is 3. The van der Waals surface area contributed by atoms with Crippen molar-refractivity contribution >= 4 is 11.9 Å². The van der Waals surface area contributed by atoms with Crippen LogP contribution in [-0.2, 0) is 16.0 Å². The third-order valence-electron chi connectivity index (χ3n) is 3.93. The molecule has 1 N–H and O–H groups in total. The van der Waals surface area contributed by atoms with Crippen molar-refractivity contribution in [3.63, 3.8) is 0 Å². The highest BCUT2D eigenvalue weighted by atomic mass is 16.4. The quantitative estimate of drug-likeness (QED) is 0.904. The monoisotopic (exact) mass is 261 g/mol. The number of benzene rings is 1. The molecule has 0 unspecified atom stereocenters. The summed E-state index contributed by atoms with van der Waals surface area (Å²) in [4.78, 5) is 25.0. The summed E-state index contributed by atoms with van der Waals surface area (Å²) < 4.78 is 0. The Hall–Kier alpha value is -1.84. The van der Waals surface area contributed by atoms with E-state index in [1.54, 1.807) is 11.8 Å². The van der Waals surface area contributed by atoms with E-state index < -0.39 is 11.4 Å².